The second-order valence-corrected chi connectivity index (χ2v) is 4.29. The summed E-state index contributed by atoms with van der Waals surface area (Å²) in [6.45, 7) is 0. The first-order valence-corrected chi connectivity index (χ1v) is 5.20. The van der Waals surface area contributed by atoms with Gasteiger partial charge in [-0.25, -0.2) is 0 Å². The van der Waals surface area contributed by atoms with Gasteiger partial charge in [0.25, 0.3) is 0 Å². The first-order chi connectivity index (χ1) is 6.80. The maximum atomic E-state index is 11.3. The third-order valence-corrected chi connectivity index (χ3v) is 3.51. The summed E-state index contributed by atoms with van der Waals surface area (Å²) in [5.41, 5.74) is 2.76. The zero-order chi connectivity index (χ0) is 9.60. The lowest BCUT2D eigenvalue weighted by atomic mass is 9.90. The van der Waals surface area contributed by atoms with Crippen LogP contribution in [0.5, 0.6) is 0 Å². The molecule has 0 bridgehead atoms. The Kier molecular flexibility index (Phi) is 1.49. The Morgan fingerprint density at radius 2 is 1.93 bits per heavy atom. The van der Waals surface area contributed by atoms with Crippen molar-refractivity contribution in [3.8, 4) is 0 Å². The Hall–Kier alpha value is -1.31. The summed E-state index contributed by atoms with van der Waals surface area (Å²) in [6, 6.07) is 8.48. The van der Waals surface area contributed by atoms with Gasteiger partial charge in [0.15, 0.2) is 0 Å². The molecule has 0 unspecified atom stereocenters. The van der Waals surface area contributed by atoms with E-state index in [4.69, 9.17) is 0 Å². The van der Waals surface area contributed by atoms with Crippen LogP contribution < -0.4 is 5.32 Å². The quantitative estimate of drug-likeness (QED) is 0.658. The van der Waals surface area contributed by atoms with E-state index < -0.39 is 0 Å². The molecule has 3 rings (SSSR count). The number of nitrogens with one attached hydrogen (secondary N) is 1. The Bertz CT molecular complexity index is 399. The highest BCUT2D eigenvalue weighted by atomic mass is 16.2. The number of fused-ring (bicyclic) bond motifs is 2. The second-order valence-electron chi connectivity index (χ2n) is 4.29. The van der Waals surface area contributed by atoms with E-state index in [9.17, 15) is 4.79 Å². The average Bonchev–Trinajstić information content (AvgIpc) is 2.75. The van der Waals surface area contributed by atoms with Crippen LogP contribution in [0.25, 0.3) is 0 Å². The zero-order valence-corrected chi connectivity index (χ0v) is 8.05. The summed E-state index contributed by atoms with van der Waals surface area (Å²) in [6.07, 6.45) is 3.85. The first-order valence-electron chi connectivity index (χ1n) is 5.20. The van der Waals surface area contributed by atoms with Crippen LogP contribution in [0.15, 0.2) is 24.3 Å². The van der Waals surface area contributed by atoms with E-state index in [2.05, 4.69) is 29.6 Å². The molecular weight excluding hydrogens is 174 g/mol. The van der Waals surface area contributed by atoms with Crippen LogP contribution in [0.1, 0.15) is 30.4 Å². The Balaban J connectivity index is 2.09. The van der Waals surface area contributed by atoms with E-state index in [1.807, 2.05) is 0 Å². The molecule has 1 amide bonds. The topological polar surface area (TPSA) is 29.1 Å². The Morgan fingerprint density at radius 1 is 1.14 bits per heavy atom. The van der Waals surface area contributed by atoms with E-state index in [1.54, 1.807) is 0 Å². The molecule has 0 aromatic heterocycles. The van der Waals surface area contributed by atoms with E-state index in [0.717, 1.165) is 19.3 Å². The predicted molar refractivity (Wildman–Crippen MR) is 53.8 cm³/mol. The van der Waals surface area contributed by atoms with Crippen molar-refractivity contribution in [1.29, 1.82) is 0 Å². The minimum absolute atomic E-state index is 0.00627. The summed E-state index contributed by atoms with van der Waals surface area (Å²) in [7, 11) is 0. The van der Waals surface area contributed by atoms with Crippen LogP contribution in [-0.2, 0) is 16.8 Å². The fourth-order valence-electron chi connectivity index (χ4n) is 2.80. The van der Waals surface area contributed by atoms with Crippen LogP contribution in [-0.4, -0.2) is 5.91 Å². The van der Waals surface area contributed by atoms with E-state index in [0.29, 0.717) is 6.42 Å². The summed E-state index contributed by atoms with van der Waals surface area (Å²) in [5.74, 6) is 0.210. The minimum atomic E-state index is -0.00627. The number of benzene rings is 1. The number of amides is 1. The van der Waals surface area contributed by atoms with Crippen molar-refractivity contribution in [2.75, 3.05) is 0 Å². The smallest absolute Gasteiger partial charge is 0.220 e. The largest absolute Gasteiger partial charge is 0.347 e. The molecule has 1 N–H and O–H groups in total. The standard InChI is InChI=1S/C12H13NO/c14-11-6-8-12(13-11)7-5-9-3-1-2-4-10(9)12/h1-4H,5-8H2,(H,13,14)/t12-/m0/s1. The van der Waals surface area contributed by atoms with Crippen molar-refractivity contribution in [1.82, 2.24) is 5.32 Å². The summed E-state index contributed by atoms with van der Waals surface area (Å²) >= 11 is 0. The maximum absolute atomic E-state index is 11.3. The molecule has 1 spiro atoms. The fraction of sp³-hybridized carbons (Fsp3) is 0.417. The van der Waals surface area contributed by atoms with Gasteiger partial charge in [-0.1, -0.05) is 24.3 Å². The monoisotopic (exact) mass is 187 g/mol. The van der Waals surface area contributed by atoms with Gasteiger partial charge in [0.2, 0.25) is 5.91 Å². The van der Waals surface area contributed by atoms with Gasteiger partial charge < -0.3 is 5.32 Å². The average molecular weight is 187 g/mol. The van der Waals surface area contributed by atoms with E-state index in [1.165, 1.54) is 11.1 Å². The van der Waals surface area contributed by atoms with Crippen LogP contribution in [0.3, 0.4) is 0 Å². The maximum Gasteiger partial charge on any atom is 0.220 e. The van der Waals surface area contributed by atoms with Crippen LogP contribution in [0.4, 0.5) is 0 Å². The van der Waals surface area contributed by atoms with Crippen molar-refractivity contribution in [3.63, 3.8) is 0 Å². The molecule has 72 valence electrons. The number of carbonyl (C=O) groups excluding carboxylic acids is 1. The fourth-order valence-corrected chi connectivity index (χ4v) is 2.80. The molecule has 0 radical (unpaired) electrons. The van der Waals surface area contributed by atoms with Gasteiger partial charge in [0.05, 0.1) is 5.54 Å². The highest BCUT2D eigenvalue weighted by Crippen LogP contribution is 2.42. The van der Waals surface area contributed by atoms with Crippen molar-refractivity contribution in [2.45, 2.75) is 31.2 Å². The van der Waals surface area contributed by atoms with Gasteiger partial charge >= 0.3 is 0 Å². The molecule has 1 atom stereocenters. The van der Waals surface area contributed by atoms with Crippen LogP contribution in [0, 0.1) is 0 Å². The SMILES string of the molecule is O=C1CC[C@]2(CCc3ccccc32)N1. The predicted octanol–water partition coefficient (Wildman–Crippen LogP) is 1.74. The third kappa shape index (κ3) is 0.939. The van der Waals surface area contributed by atoms with E-state index in [-0.39, 0.29) is 11.4 Å². The van der Waals surface area contributed by atoms with Gasteiger partial charge in [-0.2, -0.15) is 0 Å². The van der Waals surface area contributed by atoms with Gasteiger partial charge in [-0.05, 0) is 30.4 Å². The van der Waals surface area contributed by atoms with Gasteiger partial charge in [0, 0.05) is 6.42 Å². The molecule has 2 nitrogen and oxygen atoms in total. The van der Waals surface area contributed by atoms with E-state index >= 15 is 0 Å². The summed E-state index contributed by atoms with van der Waals surface area (Å²) in [4.78, 5) is 11.3. The number of carbonyl (C=O) groups is 1. The van der Waals surface area contributed by atoms with Gasteiger partial charge in [-0.15, -0.1) is 0 Å². The van der Waals surface area contributed by atoms with Crippen molar-refractivity contribution in [2.24, 2.45) is 0 Å². The highest BCUT2D eigenvalue weighted by molar-refractivity contribution is 5.80. The zero-order valence-electron chi connectivity index (χ0n) is 8.05. The molecule has 2 heteroatoms. The molecule has 1 aromatic carbocycles. The lowest BCUT2D eigenvalue weighted by Gasteiger charge is -2.24. The van der Waals surface area contributed by atoms with Crippen molar-refractivity contribution >= 4 is 5.91 Å². The lowest BCUT2D eigenvalue weighted by Crippen LogP contribution is -2.36. The lowest BCUT2D eigenvalue weighted by molar-refractivity contribution is -0.119. The normalized spacial score (nSPS) is 29.3. The Morgan fingerprint density at radius 3 is 2.71 bits per heavy atom. The highest BCUT2D eigenvalue weighted by Gasteiger charge is 2.43. The molecule has 1 heterocycles. The molecule has 14 heavy (non-hydrogen) atoms. The molecule has 1 aliphatic carbocycles. The van der Waals surface area contributed by atoms with Crippen molar-refractivity contribution in [3.05, 3.63) is 35.4 Å². The molecule has 1 aromatic rings. The van der Waals surface area contributed by atoms with Crippen LogP contribution in [0.2, 0.25) is 0 Å². The number of hydrogen-bond donors (Lipinski definition) is 1. The molecule has 0 saturated carbocycles. The Labute approximate surface area is 83.3 Å². The molecule has 1 fully saturated rings. The van der Waals surface area contributed by atoms with Gasteiger partial charge in [0.1, 0.15) is 0 Å². The number of hydrogen-bond acceptors (Lipinski definition) is 1. The number of rotatable bonds is 0. The van der Waals surface area contributed by atoms with Crippen molar-refractivity contribution < 1.29 is 4.79 Å². The van der Waals surface area contributed by atoms with Gasteiger partial charge in [-0.3, -0.25) is 4.79 Å². The van der Waals surface area contributed by atoms with Crippen LogP contribution >= 0.6 is 0 Å². The minimum Gasteiger partial charge on any atom is -0.347 e. The number of aryl methyl sites for hydroxylation is 1. The molecule has 2 aliphatic rings. The first kappa shape index (κ1) is 8.04. The molecular formula is C12H13NO. The molecule has 1 aliphatic heterocycles. The molecule has 1 saturated heterocycles. The summed E-state index contributed by atoms with van der Waals surface area (Å²) < 4.78 is 0. The second kappa shape index (κ2) is 2.59. The third-order valence-electron chi connectivity index (χ3n) is 3.51. The summed E-state index contributed by atoms with van der Waals surface area (Å²) in [5, 5.41) is 3.15.